The molecule has 0 saturated heterocycles. The van der Waals surface area contributed by atoms with Crippen LogP contribution >= 0.6 is 0 Å². The normalized spacial score (nSPS) is 9.71. The van der Waals surface area contributed by atoms with Gasteiger partial charge >= 0.3 is 0 Å². The zero-order chi connectivity index (χ0) is 20.4. The highest BCUT2D eigenvalue weighted by Gasteiger charge is 2.06. The quantitative estimate of drug-likeness (QED) is 0.625. The monoisotopic (exact) mass is 380 g/mol. The third kappa shape index (κ3) is 6.80. The summed E-state index contributed by atoms with van der Waals surface area (Å²) in [6, 6.07) is 16.4. The second-order valence-corrected chi connectivity index (χ2v) is 5.83. The molecule has 0 radical (unpaired) electrons. The fraction of sp³-hybridized carbons (Fsp3) is 0.200. The summed E-state index contributed by atoms with van der Waals surface area (Å²) in [7, 11) is 0. The van der Waals surface area contributed by atoms with Gasteiger partial charge in [-0.05, 0) is 35.4 Å². The zero-order valence-electron chi connectivity index (χ0n) is 15.3. The van der Waals surface area contributed by atoms with Crippen LogP contribution in [0, 0.1) is 11.3 Å². The number of hydrogen-bond donors (Lipinski definition) is 3. The predicted molar refractivity (Wildman–Crippen MR) is 102 cm³/mol. The predicted octanol–water partition coefficient (Wildman–Crippen LogP) is 1.28. The van der Waals surface area contributed by atoms with Gasteiger partial charge in [0.25, 0.3) is 5.91 Å². The number of nitrogens with zero attached hydrogens (tertiary/aromatic N) is 1. The molecule has 0 aromatic heterocycles. The van der Waals surface area contributed by atoms with Gasteiger partial charge in [-0.3, -0.25) is 25.2 Å². The minimum absolute atomic E-state index is 0.0531. The molecule has 2 rings (SSSR count). The Hall–Kier alpha value is -3.86. The number of carbonyl (C=O) groups excluding carboxylic acids is 3. The van der Waals surface area contributed by atoms with Crippen LogP contribution in [0.15, 0.2) is 48.5 Å². The first-order chi connectivity index (χ1) is 13.5. The van der Waals surface area contributed by atoms with E-state index in [2.05, 4.69) is 22.2 Å². The Bertz CT molecular complexity index is 871. The molecule has 3 N–H and O–H groups in total. The van der Waals surface area contributed by atoms with Crippen molar-refractivity contribution in [3.8, 4) is 22.9 Å². The van der Waals surface area contributed by atoms with Crippen LogP contribution in [0.25, 0.3) is 11.1 Å². The van der Waals surface area contributed by atoms with Crippen LogP contribution in [0.2, 0.25) is 0 Å². The summed E-state index contributed by atoms with van der Waals surface area (Å²) in [5.74, 6) is -0.655. The molecule has 3 amide bonds. The van der Waals surface area contributed by atoms with Crippen molar-refractivity contribution < 1.29 is 19.1 Å². The average Bonchev–Trinajstić information content (AvgIpc) is 2.71. The molecule has 0 saturated carbocycles. The van der Waals surface area contributed by atoms with Crippen molar-refractivity contribution in [1.29, 1.82) is 5.26 Å². The number of nitriles is 1. The third-order valence-electron chi connectivity index (χ3n) is 3.64. The highest BCUT2D eigenvalue weighted by Crippen LogP contribution is 2.22. The van der Waals surface area contributed by atoms with Gasteiger partial charge < -0.3 is 10.1 Å². The van der Waals surface area contributed by atoms with Crippen LogP contribution in [0.4, 0.5) is 0 Å². The fourth-order valence-corrected chi connectivity index (χ4v) is 2.22. The molecule has 0 atom stereocenters. The molecule has 0 unspecified atom stereocenters. The number of amides is 3. The maximum atomic E-state index is 11.7. The number of benzene rings is 2. The lowest BCUT2D eigenvalue weighted by Gasteiger charge is -2.09. The van der Waals surface area contributed by atoms with Crippen molar-refractivity contribution in [1.82, 2.24) is 16.2 Å². The fourth-order valence-electron chi connectivity index (χ4n) is 2.22. The first-order valence-corrected chi connectivity index (χ1v) is 8.53. The van der Waals surface area contributed by atoms with Gasteiger partial charge in [-0.25, -0.2) is 0 Å². The molecular weight excluding hydrogens is 360 g/mol. The Morgan fingerprint density at radius 2 is 1.50 bits per heavy atom. The highest BCUT2D eigenvalue weighted by atomic mass is 16.5. The van der Waals surface area contributed by atoms with E-state index in [1.807, 2.05) is 24.3 Å². The number of hydrazine groups is 1. The van der Waals surface area contributed by atoms with E-state index in [1.54, 1.807) is 24.3 Å². The molecule has 0 heterocycles. The van der Waals surface area contributed by atoms with Crippen molar-refractivity contribution >= 4 is 17.7 Å². The Labute approximate surface area is 162 Å². The van der Waals surface area contributed by atoms with E-state index in [-0.39, 0.29) is 25.5 Å². The van der Waals surface area contributed by atoms with Crippen LogP contribution in [0.5, 0.6) is 5.75 Å². The molecule has 144 valence electrons. The van der Waals surface area contributed by atoms with E-state index in [4.69, 9.17) is 10.00 Å². The lowest BCUT2D eigenvalue weighted by Crippen LogP contribution is -2.44. The largest absolute Gasteiger partial charge is 0.484 e. The van der Waals surface area contributed by atoms with E-state index in [0.29, 0.717) is 11.3 Å². The molecule has 28 heavy (non-hydrogen) atoms. The maximum Gasteiger partial charge on any atom is 0.276 e. The Balaban J connectivity index is 1.75. The standard InChI is InChI=1S/C20H20N4O4/c1-14(25)22-11-10-19(26)23-24-20(27)13-28-18-8-6-17(7-9-18)16-4-2-15(12-21)3-5-16/h2-9H,10-11,13H2,1H3,(H,22,25)(H,23,26)(H,24,27). The van der Waals surface area contributed by atoms with E-state index < -0.39 is 11.8 Å². The first-order valence-electron chi connectivity index (χ1n) is 8.53. The molecular formula is C20H20N4O4. The molecule has 2 aromatic carbocycles. The van der Waals surface area contributed by atoms with E-state index in [0.717, 1.165) is 11.1 Å². The minimum atomic E-state index is -0.510. The molecule has 8 heteroatoms. The van der Waals surface area contributed by atoms with Crippen LogP contribution in [-0.2, 0) is 14.4 Å². The van der Waals surface area contributed by atoms with Gasteiger partial charge in [0.2, 0.25) is 11.8 Å². The summed E-state index contributed by atoms with van der Waals surface area (Å²) in [6.07, 6.45) is 0.0531. The van der Waals surface area contributed by atoms with Crippen molar-refractivity contribution in [2.45, 2.75) is 13.3 Å². The van der Waals surface area contributed by atoms with Crippen LogP contribution in [0.3, 0.4) is 0 Å². The summed E-state index contributed by atoms with van der Waals surface area (Å²) in [5.41, 5.74) is 6.99. The Morgan fingerprint density at radius 3 is 2.07 bits per heavy atom. The van der Waals surface area contributed by atoms with Gasteiger partial charge in [0, 0.05) is 19.9 Å². The van der Waals surface area contributed by atoms with Crippen LogP contribution in [0.1, 0.15) is 18.9 Å². The SMILES string of the molecule is CC(=O)NCCC(=O)NNC(=O)COc1ccc(-c2ccc(C#N)cc2)cc1. The van der Waals surface area contributed by atoms with Gasteiger partial charge in [0.1, 0.15) is 5.75 Å². The topological polar surface area (TPSA) is 120 Å². The summed E-state index contributed by atoms with van der Waals surface area (Å²) in [6.45, 7) is 1.29. The smallest absolute Gasteiger partial charge is 0.276 e. The summed E-state index contributed by atoms with van der Waals surface area (Å²) < 4.78 is 5.38. The van der Waals surface area contributed by atoms with Crippen molar-refractivity contribution in [3.63, 3.8) is 0 Å². The van der Waals surface area contributed by atoms with Crippen molar-refractivity contribution in [2.75, 3.05) is 13.2 Å². The number of carbonyl (C=O) groups is 3. The van der Waals surface area contributed by atoms with Crippen molar-refractivity contribution in [2.24, 2.45) is 0 Å². The zero-order valence-corrected chi connectivity index (χ0v) is 15.3. The lowest BCUT2D eigenvalue weighted by molar-refractivity contribution is -0.130. The van der Waals surface area contributed by atoms with E-state index >= 15 is 0 Å². The molecule has 8 nitrogen and oxygen atoms in total. The molecule has 0 spiro atoms. The molecule has 0 aliphatic carbocycles. The second kappa shape index (κ2) is 10.3. The van der Waals surface area contributed by atoms with E-state index in [9.17, 15) is 14.4 Å². The molecule has 0 fully saturated rings. The minimum Gasteiger partial charge on any atom is -0.484 e. The van der Waals surface area contributed by atoms with Crippen molar-refractivity contribution in [3.05, 3.63) is 54.1 Å². The highest BCUT2D eigenvalue weighted by molar-refractivity contribution is 5.83. The Kier molecular flexibility index (Phi) is 7.54. The molecule has 0 bridgehead atoms. The molecule has 0 aliphatic rings. The van der Waals surface area contributed by atoms with Crippen LogP contribution < -0.4 is 20.9 Å². The number of ether oxygens (including phenoxy) is 1. The lowest BCUT2D eigenvalue weighted by atomic mass is 10.0. The van der Waals surface area contributed by atoms with Gasteiger partial charge in [-0.1, -0.05) is 24.3 Å². The second-order valence-electron chi connectivity index (χ2n) is 5.83. The van der Waals surface area contributed by atoms with Crippen LogP contribution in [-0.4, -0.2) is 30.9 Å². The summed E-state index contributed by atoms with van der Waals surface area (Å²) >= 11 is 0. The van der Waals surface area contributed by atoms with Gasteiger partial charge in [-0.15, -0.1) is 0 Å². The van der Waals surface area contributed by atoms with Gasteiger partial charge in [0.15, 0.2) is 6.61 Å². The average molecular weight is 380 g/mol. The molecule has 0 aliphatic heterocycles. The third-order valence-corrected chi connectivity index (χ3v) is 3.64. The molecule has 2 aromatic rings. The van der Waals surface area contributed by atoms with Gasteiger partial charge in [-0.2, -0.15) is 5.26 Å². The number of nitrogens with one attached hydrogen (secondary N) is 3. The number of rotatable bonds is 7. The maximum absolute atomic E-state index is 11.7. The number of hydrogen-bond acceptors (Lipinski definition) is 5. The summed E-state index contributed by atoms with van der Waals surface area (Å²) in [4.78, 5) is 33.9. The van der Waals surface area contributed by atoms with E-state index in [1.165, 1.54) is 6.92 Å². The summed E-state index contributed by atoms with van der Waals surface area (Å²) in [5, 5.41) is 11.3. The van der Waals surface area contributed by atoms with Gasteiger partial charge in [0.05, 0.1) is 11.6 Å². The Morgan fingerprint density at radius 1 is 0.929 bits per heavy atom. The first kappa shape index (κ1) is 20.5.